The molecule has 114 valence electrons. The van der Waals surface area contributed by atoms with E-state index in [4.69, 9.17) is 9.84 Å². The Morgan fingerprint density at radius 2 is 1.89 bits per heavy atom. The van der Waals surface area contributed by atoms with Gasteiger partial charge in [-0.05, 0) is 50.5 Å². The Morgan fingerprint density at radius 1 is 1.21 bits per heavy atom. The van der Waals surface area contributed by atoms with Gasteiger partial charge in [0, 0.05) is 13.2 Å². The third-order valence-electron chi connectivity index (χ3n) is 3.98. The molecule has 0 amide bonds. The molecule has 4 nitrogen and oxygen atoms in total. The quantitative estimate of drug-likeness (QED) is 0.596. The summed E-state index contributed by atoms with van der Waals surface area (Å²) in [6.07, 6.45) is 5.48. The molecule has 19 heavy (non-hydrogen) atoms. The minimum absolute atomic E-state index is 0.231. The zero-order valence-corrected chi connectivity index (χ0v) is 12.5. The van der Waals surface area contributed by atoms with Crippen LogP contribution in [0.25, 0.3) is 0 Å². The lowest BCUT2D eigenvalue weighted by Crippen LogP contribution is -2.34. The molecular formula is C15H31NO3. The van der Waals surface area contributed by atoms with Gasteiger partial charge in [-0.2, -0.15) is 0 Å². The summed E-state index contributed by atoms with van der Waals surface area (Å²) in [6.45, 7) is 6.45. The fourth-order valence-corrected chi connectivity index (χ4v) is 2.52. The number of hydrogen-bond donors (Lipinski definition) is 3. The van der Waals surface area contributed by atoms with Crippen molar-refractivity contribution in [3.8, 4) is 0 Å². The molecule has 0 saturated heterocycles. The second-order valence-electron chi connectivity index (χ2n) is 6.14. The first kappa shape index (κ1) is 16.9. The molecule has 0 aromatic rings. The highest BCUT2D eigenvalue weighted by atomic mass is 16.5. The van der Waals surface area contributed by atoms with Gasteiger partial charge in [0.15, 0.2) is 0 Å². The van der Waals surface area contributed by atoms with Gasteiger partial charge in [0.05, 0.1) is 18.8 Å². The minimum atomic E-state index is -0.430. The molecule has 0 aromatic carbocycles. The Kier molecular flexibility index (Phi) is 8.62. The van der Waals surface area contributed by atoms with Crippen molar-refractivity contribution in [2.24, 2.45) is 11.8 Å². The highest BCUT2D eigenvalue weighted by Gasteiger charge is 2.19. The van der Waals surface area contributed by atoms with Crippen LogP contribution in [-0.2, 0) is 4.74 Å². The lowest BCUT2D eigenvalue weighted by molar-refractivity contribution is -0.0279. The monoisotopic (exact) mass is 273 g/mol. The molecule has 0 aromatic heterocycles. The molecule has 4 heteroatoms. The lowest BCUT2D eigenvalue weighted by atomic mass is 9.89. The first-order valence-electron chi connectivity index (χ1n) is 7.73. The van der Waals surface area contributed by atoms with Gasteiger partial charge in [0.1, 0.15) is 0 Å². The predicted octanol–water partition coefficient (Wildman–Crippen LogP) is 1.55. The van der Waals surface area contributed by atoms with Crippen LogP contribution in [0, 0.1) is 11.8 Å². The fraction of sp³-hybridized carbons (Fsp3) is 1.00. The third kappa shape index (κ3) is 7.88. The Bertz CT molecular complexity index is 217. The van der Waals surface area contributed by atoms with E-state index in [9.17, 15) is 5.11 Å². The van der Waals surface area contributed by atoms with Crippen LogP contribution in [0.3, 0.4) is 0 Å². The van der Waals surface area contributed by atoms with Gasteiger partial charge < -0.3 is 20.3 Å². The first-order valence-corrected chi connectivity index (χ1v) is 7.73. The van der Waals surface area contributed by atoms with E-state index in [1.807, 2.05) is 0 Å². The largest absolute Gasteiger partial charge is 0.396 e. The normalized spacial score (nSPS) is 27.2. The van der Waals surface area contributed by atoms with Crippen molar-refractivity contribution >= 4 is 0 Å². The van der Waals surface area contributed by atoms with Crippen molar-refractivity contribution in [3.63, 3.8) is 0 Å². The van der Waals surface area contributed by atoms with Gasteiger partial charge in [0.2, 0.25) is 0 Å². The Balaban J connectivity index is 2.00. The van der Waals surface area contributed by atoms with Gasteiger partial charge in [-0.3, -0.25) is 0 Å². The molecule has 1 rings (SSSR count). The van der Waals surface area contributed by atoms with Crippen molar-refractivity contribution < 1.29 is 14.9 Å². The topological polar surface area (TPSA) is 61.7 Å². The molecule has 2 atom stereocenters. The van der Waals surface area contributed by atoms with Crippen molar-refractivity contribution in [1.82, 2.24) is 5.32 Å². The lowest BCUT2D eigenvalue weighted by Gasteiger charge is -2.27. The molecule has 1 fully saturated rings. The molecule has 2 unspecified atom stereocenters. The molecule has 0 spiro atoms. The van der Waals surface area contributed by atoms with Gasteiger partial charge in [-0.15, -0.1) is 0 Å². The van der Waals surface area contributed by atoms with E-state index in [1.165, 1.54) is 12.8 Å². The molecule has 1 aliphatic carbocycles. The summed E-state index contributed by atoms with van der Waals surface area (Å²) in [5.74, 6) is 1.28. The van der Waals surface area contributed by atoms with E-state index >= 15 is 0 Å². The van der Waals surface area contributed by atoms with Crippen LogP contribution in [0.2, 0.25) is 0 Å². The summed E-state index contributed by atoms with van der Waals surface area (Å²) in [5.41, 5.74) is 0. The SMILES string of the molecule is CC1CCC(OCC(O)CNCC(C)CCO)CC1. The van der Waals surface area contributed by atoms with E-state index in [1.54, 1.807) is 0 Å². The fourth-order valence-electron chi connectivity index (χ4n) is 2.52. The van der Waals surface area contributed by atoms with Crippen LogP contribution in [0.4, 0.5) is 0 Å². The summed E-state index contributed by atoms with van der Waals surface area (Å²) in [4.78, 5) is 0. The average molecular weight is 273 g/mol. The molecule has 0 aliphatic heterocycles. The number of nitrogens with one attached hydrogen (secondary N) is 1. The van der Waals surface area contributed by atoms with Crippen LogP contribution >= 0.6 is 0 Å². The highest BCUT2D eigenvalue weighted by molar-refractivity contribution is 4.71. The second-order valence-corrected chi connectivity index (χ2v) is 6.14. The van der Waals surface area contributed by atoms with Crippen LogP contribution < -0.4 is 5.32 Å². The van der Waals surface area contributed by atoms with Gasteiger partial charge in [-0.25, -0.2) is 0 Å². The number of aliphatic hydroxyl groups excluding tert-OH is 2. The Morgan fingerprint density at radius 3 is 2.53 bits per heavy atom. The maximum Gasteiger partial charge on any atom is 0.0897 e. The number of hydrogen-bond acceptors (Lipinski definition) is 4. The van der Waals surface area contributed by atoms with E-state index in [0.717, 1.165) is 31.7 Å². The third-order valence-corrected chi connectivity index (χ3v) is 3.98. The minimum Gasteiger partial charge on any atom is -0.396 e. The molecule has 0 heterocycles. The van der Waals surface area contributed by atoms with Gasteiger partial charge in [0.25, 0.3) is 0 Å². The molecular weight excluding hydrogens is 242 g/mol. The summed E-state index contributed by atoms with van der Waals surface area (Å²) in [5, 5.41) is 21.9. The molecule has 1 aliphatic rings. The first-order chi connectivity index (χ1) is 9.11. The van der Waals surface area contributed by atoms with Crippen molar-refractivity contribution in [1.29, 1.82) is 0 Å². The Hall–Kier alpha value is -0.160. The summed E-state index contributed by atoms with van der Waals surface area (Å²) < 4.78 is 5.77. The average Bonchev–Trinajstić information content (AvgIpc) is 2.38. The van der Waals surface area contributed by atoms with Crippen LogP contribution in [0.1, 0.15) is 46.0 Å². The van der Waals surface area contributed by atoms with Crippen molar-refractivity contribution in [2.45, 2.75) is 58.2 Å². The molecule has 0 bridgehead atoms. The standard InChI is InChI=1S/C15H31NO3/c1-12-3-5-15(6-4-12)19-11-14(18)10-16-9-13(2)7-8-17/h12-18H,3-11H2,1-2H3. The molecule has 0 radical (unpaired) electrons. The van der Waals surface area contributed by atoms with Crippen LogP contribution in [-0.4, -0.2) is 48.7 Å². The van der Waals surface area contributed by atoms with Crippen molar-refractivity contribution in [2.75, 3.05) is 26.3 Å². The van der Waals surface area contributed by atoms with Crippen molar-refractivity contribution in [3.05, 3.63) is 0 Å². The summed E-state index contributed by atoms with van der Waals surface area (Å²) in [7, 11) is 0. The number of rotatable bonds is 9. The number of aliphatic hydroxyl groups is 2. The Labute approximate surface area is 117 Å². The smallest absolute Gasteiger partial charge is 0.0897 e. The maximum atomic E-state index is 9.84. The zero-order chi connectivity index (χ0) is 14.1. The zero-order valence-electron chi connectivity index (χ0n) is 12.5. The van der Waals surface area contributed by atoms with Gasteiger partial charge >= 0.3 is 0 Å². The maximum absolute atomic E-state index is 9.84. The van der Waals surface area contributed by atoms with E-state index < -0.39 is 6.10 Å². The molecule has 1 saturated carbocycles. The van der Waals surface area contributed by atoms with Crippen LogP contribution in [0.5, 0.6) is 0 Å². The highest BCUT2D eigenvalue weighted by Crippen LogP contribution is 2.25. The summed E-state index contributed by atoms with van der Waals surface area (Å²) >= 11 is 0. The second kappa shape index (κ2) is 9.70. The van der Waals surface area contributed by atoms with Gasteiger partial charge in [-0.1, -0.05) is 13.8 Å². The number of ether oxygens (including phenoxy) is 1. The predicted molar refractivity (Wildman–Crippen MR) is 77.1 cm³/mol. The summed E-state index contributed by atoms with van der Waals surface area (Å²) in [6, 6.07) is 0. The van der Waals surface area contributed by atoms with Crippen LogP contribution in [0.15, 0.2) is 0 Å². The van der Waals surface area contributed by atoms with E-state index in [-0.39, 0.29) is 6.61 Å². The van der Waals surface area contributed by atoms with E-state index in [2.05, 4.69) is 19.2 Å². The molecule has 3 N–H and O–H groups in total. The van der Waals surface area contributed by atoms with E-state index in [0.29, 0.717) is 25.2 Å².